The third-order valence-corrected chi connectivity index (χ3v) is 5.59. The molecule has 1 aliphatic rings. The number of carbonyl (C=O) groups excluding carboxylic acids is 2. The van der Waals surface area contributed by atoms with Crippen molar-refractivity contribution < 1.29 is 18.7 Å². The average Bonchev–Trinajstić information content (AvgIpc) is 3.36. The van der Waals surface area contributed by atoms with E-state index in [0.29, 0.717) is 33.6 Å². The second-order valence-electron chi connectivity index (χ2n) is 8.99. The van der Waals surface area contributed by atoms with E-state index in [1.54, 1.807) is 54.3 Å². The fraction of sp³-hybridized carbons (Fsp3) is 0.348. The third kappa shape index (κ3) is 3.75. The highest BCUT2D eigenvalue weighted by molar-refractivity contribution is 6.32. The molecule has 2 amide bonds. The Labute approximate surface area is 191 Å². The van der Waals surface area contributed by atoms with Crippen LogP contribution in [0.25, 0.3) is 11.5 Å². The standard InChI is InChI=1S/C23H25ClN4O4/c1-22(2,3)25-21(30)23(4)13-27-17(12-16(26-27)19-7-6-10-32-19)20(29)28(23)14-8-9-18(31-5)15(24)11-14/h6-12H,13H2,1-5H3,(H,25,30)/t23-/m1/s1. The number of anilines is 1. The van der Waals surface area contributed by atoms with Crippen molar-refractivity contribution in [3.63, 3.8) is 0 Å². The molecule has 168 valence electrons. The molecule has 4 rings (SSSR count). The molecule has 9 heteroatoms. The van der Waals surface area contributed by atoms with Crippen molar-refractivity contribution in [1.29, 1.82) is 0 Å². The monoisotopic (exact) mass is 456 g/mol. The first-order valence-electron chi connectivity index (χ1n) is 10.2. The van der Waals surface area contributed by atoms with E-state index < -0.39 is 11.1 Å². The van der Waals surface area contributed by atoms with E-state index in [9.17, 15) is 9.59 Å². The van der Waals surface area contributed by atoms with Crippen LogP contribution in [0.15, 0.2) is 47.1 Å². The zero-order valence-electron chi connectivity index (χ0n) is 18.6. The Hall–Kier alpha value is -3.26. The van der Waals surface area contributed by atoms with Gasteiger partial charge in [0.25, 0.3) is 5.91 Å². The summed E-state index contributed by atoms with van der Waals surface area (Å²) in [6.45, 7) is 7.55. The van der Waals surface area contributed by atoms with Gasteiger partial charge < -0.3 is 14.5 Å². The quantitative estimate of drug-likeness (QED) is 0.637. The van der Waals surface area contributed by atoms with Gasteiger partial charge in [-0.05, 0) is 58.0 Å². The summed E-state index contributed by atoms with van der Waals surface area (Å²) in [5, 5.41) is 7.88. The van der Waals surface area contributed by atoms with E-state index in [1.807, 2.05) is 20.8 Å². The first kappa shape index (κ1) is 22.0. The molecule has 8 nitrogen and oxygen atoms in total. The molecule has 0 unspecified atom stereocenters. The lowest BCUT2D eigenvalue weighted by atomic mass is 9.92. The first-order chi connectivity index (χ1) is 15.0. The molecular formula is C23H25ClN4O4. The highest BCUT2D eigenvalue weighted by Gasteiger charge is 2.49. The number of hydrogen-bond acceptors (Lipinski definition) is 5. The molecule has 2 aromatic heterocycles. The van der Waals surface area contributed by atoms with Gasteiger partial charge in [0.1, 0.15) is 22.7 Å². The Balaban J connectivity index is 1.85. The largest absolute Gasteiger partial charge is 0.495 e. The smallest absolute Gasteiger partial charge is 0.277 e. The minimum absolute atomic E-state index is 0.153. The maximum atomic E-state index is 13.7. The Morgan fingerprint density at radius 3 is 2.62 bits per heavy atom. The number of ether oxygens (including phenoxy) is 1. The number of aromatic nitrogens is 2. The molecule has 1 aromatic carbocycles. The zero-order valence-corrected chi connectivity index (χ0v) is 19.4. The van der Waals surface area contributed by atoms with Crippen LogP contribution in [0.2, 0.25) is 5.02 Å². The fourth-order valence-corrected chi connectivity index (χ4v) is 4.05. The molecule has 1 atom stereocenters. The van der Waals surface area contributed by atoms with Crippen molar-refractivity contribution >= 4 is 29.1 Å². The van der Waals surface area contributed by atoms with Crippen LogP contribution in [0.3, 0.4) is 0 Å². The number of hydrogen-bond donors (Lipinski definition) is 1. The van der Waals surface area contributed by atoms with E-state index in [-0.39, 0.29) is 18.4 Å². The Kier molecular flexibility index (Phi) is 5.29. The van der Waals surface area contributed by atoms with Gasteiger partial charge in [-0.25, -0.2) is 0 Å². The van der Waals surface area contributed by atoms with Gasteiger partial charge in [-0.15, -0.1) is 0 Å². The maximum Gasteiger partial charge on any atom is 0.277 e. The van der Waals surface area contributed by atoms with E-state index >= 15 is 0 Å². The van der Waals surface area contributed by atoms with Crippen LogP contribution >= 0.6 is 11.6 Å². The summed E-state index contributed by atoms with van der Waals surface area (Å²) in [5.41, 5.74) is -0.395. The van der Waals surface area contributed by atoms with Crippen molar-refractivity contribution in [2.75, 3.05) is 12.0 Å². The van der Waals surface area contributed by atoms with Crippen molar-refractivity contribution in [2.45, 2.75) is 45.3 Å². The number of methoxy groups -OCH3 is 1. The molecule has 0 aliphatic carbocycles. The lowest BCUT2D eigenvalue weighted by molar-refractivity contribution is -0.128. The molecule has 0 bridgehead atoms. The van der Waals surface area contributed by atoms with Gasteiger partial charge in [0.2, 0.25) is 5.91 Å². The average molecular weight is 457 g/mol. The fourth-order valence-electron chi connectivity index (χ4n) is 3.80. The molecule has 0 saturated carbocycles. The van der Waals surface area contributed by atoms with Crippen molar-refractivity contribution in [3.05, 3.63) is 53.4 Å². The van der Waals surface area contributed by atoms with Crippen LogP contribution in [0.5, 0.6) is 5.75 Å². The number of carbonyl (C=O) groups is 2. The number of amides is 2. The summed E-state index contributed by atoms with van der Waals surface area (Å²) in [7, 11) is 1.52. The summed E-state index contributed by atoms with van der Waals surface area (Å²) >= 11 is 6.35. The summed E-state index contributed by atoms with van der Waals surface area (Å²) in [4.78, 5) is 28.7. The number of fused-ring (bicyclic) bond motifs is 1. The summed E-state index contributed by atoms with van der Waals surface area (Å²) in [5.74, 6) is 0.353. The number of rotatable bonds is 4. The number of halogens is 1. The van der Waals surface area contributed by atoms with Crippen LogP contribution < -0.4 is 15.0 Å². The molecule has 0 saturated heterocycles. The summed E-state index contributed by atoms with van der Waals surface area (Å²) < 4.78 is 12.2. The van der Waals surface area contributed by atoms with Crippen molar-refractivity contribution in [1.82, 2.24) is 15.1 Å². The summed E-state index contributed by atoms with van der Waals surface area (Å²) in [6, 6.07) is 10.2. The molecule has 0 spiro atoms. The molecule has 32 heavy (non-hydrogen) atoms. The number of furan rings is 1. The van der Waals surface area contributed by atoms with E-state index in [2.05, 4.69) is 10.4 Å². The van der Waals surface area contributed by atoms with Crippen molar-refractivity contribution in [3.8, 4) is 17.2 Å². The van der Waals surface area contributed by atoms with Crippen LogP contribution in [-0.4, -0.2) is 39.8 Å². The van der Waals surface area contributed by atoms with Gasteiger partial charge in [-0.1, -0.05) is 11.6 Å². The van der Waals surface area contributed by atoms with Gasteiger partial charge in [0.15, 0.2) is 5.76 Å². The van der Waals surface area contributed by atoms with Gasteiger partial charge in [0.05, 0.1) is 24.9 Å². The molecule has 3 heterocycles. The van der Waals surface area contributed by atoms with Gasteiger partial charge in [0, 0.05) is 17.3 Å². The molecule has 0 fully saturated rings. The van der Waals surface area contributed by atoms with Gasteiger partial charge >= 0.3 is 0 Å². The minimum atomic E-state index is -1.26. The first-order valence-corrected chi connectivity index (χ1v) is 10.5. The predicted octanol–water partition coefficient (Wildman–Crippen LogP) is 4.14. The SMILES string of the molecule is COc1ccc(N2C(=O)c3cc(-c4ccco4)nn3C[C@]2(C)C(=O)NC(C)(C)C)cc1Cl. The molecule has 3 aromatic rings. The second-order valence-corrected chi connectivity index (χ2v) is 9.39. The Morgan fingerprint density at radius 2 is 2.03 bits per heavy atom. The van der Waals surface area contributed by atoms with Crippen molar-refractivity contribution in [2.24, 2.45) is 0 Å². The van der Waals surface area contributed by atoms with Crippen LogP contribution in [-0.2, 0) is 11.3 Å². The molecule has 1 aliphatic heterocycles. The number of nitrogens with one attached hydrogen (secondary N) is 1. The van der Waals surface area contributed by atoms with Crippen LogP contribution in [0.1, 0.15) is 38.2 Å². The normalized spacial score (nSPS) is 18.4. The molecular weight excluding hydrogens is 432 g/mol. The minimum Gasteiger partial charge on any atom is -0.495 e. The maximum absolute atomic E-state index is 13.7. The van der Waals surface area contributed by atoms with Gasteiger partial charge in [-0.3, -0.25) is 19.2 Å². The molecule has 1 N–H and O–H groups in total. The number of benzene rings is 1. The highest BCUT2D eigenvalue weighted by Crippen LogP contribution is 2.37. The topological polar surface area (TPSA) is 89.6 Å². The van der Waals surface area contributed by atoms with Gasteiger partial charge in [-0.2, -0.15) is 5.10 Å². The lowest BCUT2D eigenvalue weighted by Crippen LogP contribution is -2.66. The zero-order chi connectivity index (χ0) is 23.3. The third-order valence-electron chi connectivity index (χ3n) is 5.30. The Morgan fingerprint density at radius 1 is 1.28 bits per heavy atom. The summed E-state index contributed by atoms with van der Waals surface area (Å²) in [6.07, 6.45) is 1.54. The lowest BCUT2D eigenvalue weighted by Gasteiger charge is -2.44. The van der Waals surface area contributed by atoms with E-state index in [0.717, 1.165) is 0 Å². The van der Waals surface area contributed by atoms with Crippen LogP contribution in [0.4, 0.5) is 5.69 Å². The Bertz CT molecular complexity index is 1180. The van der Waals surface area contributed by atoms with Crippen LogP contribution in [0, 0.1) is 0 Å². The predicted molar refractivity (Wildman–Crippen MR) is 121 cm³/mol. The highest BCUT2D eigenvalue weighted by atomic mass is 35.5. The van der Waals surface area contributed by atoms with E-state index in [4.69, 9.17) is 20.8 Å². The number of nitrogens with zero attached hydrogens (tertiary/aromatic N) is 3. The molecule has 0 radical (unpaired) electrons. The van der Waals surface area contributed by atoms with E-state index in [1.165, 1.54) is 12.0 Å². The second kappa shape index (κ2) is 7.70.